The largest absolute Gasteiger partial charge is 0.497 e. The zero-order chi connectivity index (χ0) is 21.6. The van der Waals surface area contributed by atoms with E-state index >= 15 is 0 Å². The van der Waals surface area contributed by atoms with Gasteiger partial charge in [-0.2, -0.15) is 0 Å². The summed E-state index contributed by atoms with van der Waals surface area (Å²) in [6.45, 7) is 6.59. The molecule has 0 saturated heterocycles. The van der Waals surface area contributed by atoms with Gasteiger partial charge in [0.2, 0.25) is 0 Å². The molecule has 3 atom stereocenters. The first kappa shape index (κ1) is 22.5. The van der Waals surface area contributed by atoms with Crippen LogP contribution in [0.15, 0.2) is 78.9 Å². The van der Waals surface area contributed by atoms with Crippen molar-refractivity contribution in [3.05, 3.63) is 101 Å². The van der Waals surface area contributed by atoms with Crippen molar-refractivity contribution in [1.29, 1.82) is 0 Å². The lowest BCUT2D eigenvalue weighted by molar-refractivity contribution is 0.414. The third-order valence-electron chi connectivity index (χ3n) is 6.00. The maximum atomic E-state index is 6.60. The monoisotopic (exact) mass is 419 g/mol. The van der Waals surface area contributed by atoms with Crippen molar-refractivity contribution in [3.63, 3.8) is 0 Å². The van der Waals surface area contributed by atoms with Gasteiger partial charge < -0.3 is 10.5 Å². The lowest BCUT2D eigenvalue weighted by Crippen LogP contribution is -2.34. The van der Waals surface area contributed by atoms with Crippen LogP contribution < -0.4 is 10.5 Å². The number of hydrogen-bond acceptors (Lipinski definition) is 3. The van der Waals surface area contributed by atoms with E-state index in [1.807, 2.05) is 11.8 Å². The molecule has 2 nitrogen and oxygen atoms in total. The topological polar surface area (TPSA) is 35.2 Å². The van der Waals surface area contributed by atoms with Gasteiger partial charge in [0.1, 0.15) is 5.75 Å². The predicted octanol–water partition coefficient (Wildman–Crippen LogP) is 6.40. The number of methoxy groups -OCH3 is 1. The van der Waals surface area contributed by atoms with Gasteiger partial charge in [0, 0.05) is 11.8 Å². The lowest BCUT2D eigenvalue weighted by Gasteiger charge is -2.37. The van der Waals surface area contributed by atoms with E-state index in [-0.39, 0.29) is 10.8 Å². The molecule has 158 valence electrons. The molecule has 0 heterocycles. The summed E-state index contributed by atoms with van der Waals surface area (Å²) in [6, 6.07) is 28.3. The summed E-state index contributed by atoms with van der Waals surface area (Å²) in [5.74, 6) is 2.23. The summed E-state index contributed by atoms with van der Waals surface area (Å²) < 4.78 is 5.09. The van der Waals surface area contributed by atoms with Crippen LogP contribution in [0.5, 0.6) is 5.75 Å². The molecule has 3 rings (SSSR count). The van der Waals surface area contributed by atoms with Crippen molar-refractivity contribution in [2.24, 2.45) is 11.7 Å². The van der Waals surface area contributed by atoms with Gasteiger partial charge in [0.05, 0.1) is 11.9 Å². The average Bonchev–Trinajstić information content (AvgIpc) is 2.80. The highest BCUT2D eigenvalue weighted by atomic mass is 32.2. The lowest BCUT2D eigenvalue weighted by atomic mass is 9.83. The van der Waals surface area contributed by atoms with Gasteiger partial charge in [-0.1, -0.05) is 92.6 Å². The summed E-state index contributed by atoms with van der Waals surface area (Å²) in [7, 11) is 1.71. The minimum atomic E-state index is -0.341. The minimum Gasteiger partial charge on any atom is -0.497 e. The summed E-state index contributed by atoms with van der Waals surface area (Å²) in [6.07, 6.45) is 1.09. The fourth-order valence-corrected chi connectivity index (χ4v) is 5.40. The van der Waals surface area contributed by atoms with Crippen LogP contribution in [0.4, 0.5) is 0 Å². The van der Waals surface area contributed by atoms with E-state index in [2.05, 4.69) is 99.6 Å². The van der Waals surface area contributed by atoms with Gasteiger partial charge in [-0.15, -0.1) is 11.8 Å². The summed E-state index contributed by atoms with van der Waals surface area (Å²) >= 11 is 1.93. The van der Waals surface area contributed by atoms with Gasteiger partial charge in [-0.3, -0.25) is 0 Å². The first-order valence-electron chi connectivity index (χ1n) is 10.7. The number of ether oxygens (including phenoxy) is 1. The van der Waals surface area contributed by atoms with Crippen molar-refractivity contribution >= 4 is 11.8 Å². The van der Waals surface area contributed by atoms with E-state index in [4.69, 9.17) is 10.5 Å². The molecule has 1 unspecified atom stereocenters. The Hall–Kier alpha value is -2.23. The molecule has 0 spiro atoms. The summed E-state index contributed by atoms with van der Waals surface area (Å²) in [5, 5.41) is 0. The highest BCUT2D eigenvalue weighted by Crippen LogP contribution is 2.49. The molecule has 3 aromatic carbocycles. The second-order valence-corrected chi connectivity index (χ2v) is 9.24. The first-order chi connectivity index (χ1) is 14.5. The van der Waals surface area contributed by atoms with E-state index in [0.29, 0.717) is 5.92 Å². The van der Waals surface area contributed by atoms with Crippen molar-refractivity contribution in [1.82, 2.24) is 0 Å². The maximum absolute atomic E-state index is 6.60. The number of hydrogen-bond donors (Lipinski definition) is 1. The fourth-order valence-electron chi connectivity index (χ4n) is 3.73. The van der Waals surface area contributed by atoms with Crippen molar-refractivity contribution in [3.8, 4) is 5.75 Å². The van der Waals surface area contributed by atoms with Crippen LogP contribution in [-0.2, 0) is 4.75 Å². The van der Waals surface area contributed by atoms with Crippen LogP contribution in [0, 0.1) is 12.8 Å². The Labute approximate surface area is 185 Å². The van der Waals surface area contributed by atoms with Gasteiger partial charge in [0.25, 0.3) is 0 Å². The van der Waals surface area contributed by atoms with E-state index in [1.165, 1.54) is 22.3 Å². The molecule has 0 fully saturated rings. The molecule has 0 amide bonds. The van der Waals surface area contributed by atoms with Crippen LogP contribution in [0.1, 0.15) is 42.5 Å². The molecule has 3 aromatic rings. The van der Waals surface area contributed by atoms with Crippen LogP contribution in [0.25, 0.3) is 0 Å². The molecule has 0 aliphatic rings. The van der Waals surface area contributed by atoms with E-state index < -0.39 is 0 Å². The molecular formula is C27H33NOS. The number of rotatable bonds is 9. The summed E-state index contributed by atoms with van der Waals surface area (Å²) in [4.78, 5) is 0. The molecule has 0 bridgehead atoms. The zero-order valence-corrected chi connectivity index (χ0v) is 19.3. The van der Waals surface area contributed by atoms with Crippen molar-refractivity contribution < 1.29 is 4.74 Å². The Kier molecular flexibility index (Phi) is 7.63. The normalized spacial score (nSPS) is 15.2. The smallest absolute Gasteiger partial charge is 0.118 e. The summed E-state index contributed by atoms with van der Waals surface area (Å²) in [5.41, 5.74) is 11.6. The Morgan fingerprint density at radius 3 is 1.93 bits per heavy atom. The standard InChI is InChI=1S/C27H33NOS/c1-5-21(3)26(28)19-30-27(22-9-7-6-8-10-22,23-13-11-20(2)12-14-23)24-15-17-25(29-4)18-16-24/h6-18,21,26H,5,19,28H2,1-4H3/t21-,26+,27?/m0/s1. The Morgan fingerprint density at radius 1 is 0.867 bits per heavy atom. The highest BCUT2D eigenvalue weighted by Gasteiger charge is 2.37. The molecule has 0 saturated carbocycles. The van der Waals surface area contributed by atoms with Gasteiger partial charge in [-0.05, 0) is 41.7 Å². The van der Waals surface area contributed by atoms with Crippen LogP contribution in [0.2, 0.25) is 0 Å². The predicted molar refractivity (Wildman–Crippen MR) is 130 cm³/mol. The Morgan fingerprint density at radius 2 is 1.40 bits per heavy atom. The highest BCUT2D eigenvalue weighted by molar-refractivity contribution is 8.00. The second-order valence-electron chi connectivity index (χ2n) is 8.00. The van der Waals surface area contributed by atoms with Crippen LogP contribution >= 0.6 is 11.8 Å². The molecule has 0 aliphatic carbocycles. The van der Waals surface area contributed by atoms with Gasteiger partial charge >= 0.3 is 0 Å². The van der Waals surface area contributed by atoms with Crippen LogP contribution in [0.3, 0.4) is 0 Å². The third kappa shape index (κ3) is 4.74. The first-order valence-corrected chi connectivity index (χ1v) is 11.7. The van der Waals surface area contributed by atoms with Crippen molar-refractivity contribution in [2.75, 3.05) is 12.9 Å². The molecular weight excluding hydrogens is 386 g/mol. The zero-order valence-electron chi connectivity index (χ0n) is 18.5. The SMILES string of the molecule is CC[C@H](C)[C@H](N)CSC(c1ccccc1)(c1ccc(C)cc1)c1ccc(OC)cc1. The molecule has 3 heteroatoms. The maximum Gasteiger partial charge on any atom is 0.118 e. The number of thioether (sulfide) groups is 1. The van der Waals surface area contributed by atoms with E-state index in [0.717, 1.165) is 17.9 Å². The average molecular weight is 420 g/mol. The molecule has 0 aromatic heterocycles. The third-order valence-corrected chi connectivity index (χ3v) is 7.69. The fraction of sp³-hybridized carbons (Fsp3) is 0.333. The molecule has 30 heavy (non-hydrogen) atoms. The number of benzene rings is 3. The van der Waals surface area contributed by atoms with Gasteiger partial charge in [-0.25, -0.2) is 0 Å². The van der Waals surface area contributed by atoms with Crippen molar-refractivity contribution in [2.45, 2.75) is 38.0 Å². The Balaban J connectivity index is 2.18. The quantitative estimate of drug-likeness (QED) is 0.407. The van der Waals surface area contributed by atoms with Crippen LogP contribution in [-0.4, -0.2) is 18.9 Å². The molecule has 0 aliphatic heterocycles. The van der Waals surface area contributed by atoms with Gasteiger partial charge in [0.15, 0.2) is 0 Å². The molecule has 2 N–H and O–H groups in total. The second kappa shape index (κ2) is 10.2. The van der Waals surface area contributed by atoms with E-state index in [9.17, 15) is 0 Å². The van der Waals surface area contributed by atoms with E-state index in [1.54, 1.807) is 7.11 Å². The number of aryl methyl sites for hydroxylation is 1. The molecule has 0 radical (unpaired) electrons. The number of nitrogens with two attached hydrogens (primary N) is 1. The Bertz CT molecular complexity index is 908. The minimum absolute atomic E-state index is 0.145.